The highest BCUT2D eigenvalue weighted by molar-refractivity contribution is 6.36. The molecular formula is C12H17ClN4. The summed E-state index contributed by atoms with van der Waals surface area (Å²) in [6.45, 7) is 3.94. The summed E-state index contributed by atoms with van der Waals surface area (Å²) in [5, 5.41) is 7.96. The summed E-state index contributed by atoms with van der Waals surface area (Å²) >= 11 is 6.26. The molecule has 1 aliphatic carbocycles. The van der Waals surface area contributed by atoms with Crippen molar-refractivity contribution < 1.29 is 0 Å². The largest absolute Gasteiger partial charge is 0.384 e. The Bertz CT molecular complexity index is 429. The number of hydrogen-bond acceptors (Lipinski definition) is 3. The highest BCUT2D eigenvalue weighted by Gasteiger charge is 2.25. The van der Waals surface area contributed by atoms with E-state index < -0.39 is 0 Å². The summed E-state index contributed by atoms with van der Waals surface area (Å²) in [4.78, 5) is 6.47. The fourth-order valence-corrected chi connectivity index (χ4v) is 2.17. The fraction of sp³-hybridized carbons (Fsp3) is 0.500. The third-order valence-corrected chi connectivity index (χ3v) is 3.39. The normalized spacial score (nSPS) is 14.7. The van der Waals surface area contributed by atoms with Gasteiger partial charge in [-0.3, -0.25) is 5.41 Å². The first kappa shape index (κ1) is 12.2. The minimum Gasteiger partial charge on any atom is -0.384 e. The summed E-state index contributed by atoms with van der Waals surface area (Å²) in [6, 6.07) is 1.68. The lowest BCUT2D eigenvalue weighted by Gasteiger charge is -2.23. The van der Waals surface area contributed by atoms with Gasteiger partial charge in [-0.05, 0) is 31.7 Å². The lowest BCUT2D eigenvalue weighted by atomic mass is 10.2. The second kappa shape index (κ2) is 4.92. The zero-order valence-electron chi connectivity index (χ0n) is 9.91. The zero-order chi connectivity index (χ0) is 12.4. The van der Waals surface area contributed by atoms with Crippen LogP contribution in [0.1, 0.15) is 25.3 Å². The average molecular weight is 253 g/mol. The molecule has 17 heavy (non-hydrogen) atoms. The number of pyridine rings is 1. The van der Waals surface area contributed by atoms with Crippen LogP contribution in [-0.2, 0) is 0 Å². The van der Waals surface area contributed by atoms with Crippen LogP contribution >= 0.6 is 11.6 Å². The van der Waals surface area contributed by atoms with Crippen molar-refractivity contribution in [2.45, 2.75) is 19.8 Å². The second-order valence-electron chi connectivity index (χ2n) is 4.39. The van der Waals surface area contributed by atoms with Gasteiger partial charge in [-0.2, -0.15) is 0 Å². The quantitative estimate of drug-likeness (QED) is 0.624. The predicted octanol–water partition coefficient (Wildman–Crippen LogP) is 2.26. The van der Waals surface area contributed by atoms with Gasteiger partial charge in [0.2, 0.25) is 0 Å². The zero-order valence-corrected chi connectivity index (χ0v) is 10.7. The molecule has 4 nitrogen and oxygen atoms in total. The van der Waals surface area contributed by atoms with E-state index in [-0.39, 0.29) is 5.84 Å². The van der Waals surface area contributed by atoms with Gasteiger partial charge in [-0.15, -0.1) is 0 Å². The number of nitrogens with one attached hydrogen (secondary N) is 1. The van der Waals surface area contributed by atoms with Crippen molar-refractivity contribution >= 4 is 23.3 Å². The Morgan fingerprint density at radius 2 is 2.35 bits per heavy atom. The molecule has 1 aromatic rings. The second-order valence-corrected chi connectivity index (χ2v) is 4.77. The standard InChI is InChI=1S/C12H17ClN4/c1-2-17(7-8-3-4-8)12-10(13)9(11(14)15)5-6-16-12/h5-6,8H,2-4,7H2,1H3,(H3,14,15). The van der Waals surface area contributed by atoms with Crippen LogP contribution < -0.4 is 10.6 Å². The van der Waals surface area contributed by atoms with Gasteiger partial charge in [0.05, 0.1) is 5.02 Å². The smallest absolute Gasteiger partial charge is 0.148 e. The molecule has 1 aromatic heterocycles. The molecule has 0 amide bonds. The maximum atomic E-state index is 7.47. The molecule has 0 aliphatic heterocycles. The van der Waals surface area contributed by atoms with Crippen LogP contribution in [0.4, 0.5) is 5.82 Å². The first-order valence-electron chi connectivity index (χ1n) is 5.87. The van der Waals surface area contributed by atoms with Gasteiger partial charge in [-0.25, -0.2) is 4.98 Å². The number of anilines is 1. The lowest BCUT2D eigenvalue weighted by Crippen LogP contribution is -2.27. The van der Waals surface area contributed by atoms with E-state index in [9.17, 15) is 0 Å². The van der Waals surface area contributed by atoms with Crippen LogP contribution in [-0.4, -0.2) is 23.9 Å². The van der Waals surface area contributed by atoms with Gasteiger partial charge in [-0.1, -0.05) is 11.6 Å². The van der Waals surface area contributed by atoms with E-state index in [0.717, 1.165) is 24.8 Å². The molecule has 3 N–H and O–H groups in total. The Balaban J connectivity index is 2.28. The van der Waals surface area contributed by atoms with E-state index in [1.54, 1.807) is 12.3 Å². The van der Waals surface area contributed by atoms with Crippen molar-refractivity contribution in [3.05, 3.63) is 22.8 Å². The number of aromatic nitrogens is 1. The Kier molecular flexibility index (Phi) is 3.52. The summed E-state index contributed by atoms with van der Waals surface area (Å²) < 4.78 is 0. The topological polar surface area (TPSA) is 66.0 Å². The molecule has 1 fully saturated rings. The van der Waals surface area contributed by atoms with Crippen LogP contribution in [0.15, 0.2) is 12.3 Å². The maximum absolute atomic E-state index is 7.47. The van der Waals surface area contributed by atoms with E-state index in [1.165, 1.54) is 12.8 Å². The van der Waals surface area contributed by atoms with Gasteiger partial charge in [0.15, 0.2) is 0 Å². The molecule has 2 rings (SSSR count). The maximum Gasteiger partial charge on any atom is 0.148 e. The summed E-state index contributed by atoms with van der Waals surface area (Å²) in [6.07, 6.45) is 4.24. The number of nitrogens with two attached hydrogens (primary N) is 1. The van der Waals surface area contributed by atoms with Gasteiger partial charge in [0, 0.05) is 24.8 Å². The van der Waals surface area contributed by atoms with Gasteiger partial charge < -0.3 is 10.6 Å². The van der Waals surface area contributed by atoms with E-state index in [4.69, 9.17) is 22.7 Å². The van der Waals surface area contributed by atoms with Crippen LogP contribution in [0.25, 0.3) is 0 Å². The first-order chi connectivity index (χ1) is 8.13. The minimum atomic E-state index is -0.0128. The summed E-state index contributed by atoms with van der Waals surface area (Å²) in [5.74, 6) is 1.50. The van der Waals surface area contributed by atoms with Crippen molar-refractivity contribution in [2.24, 2.45) is 11.7 Å². The molecule has 1 aliphatic rings. The van der Waals surface area contributed by atoms with Gasteiger partial charge in [0.1, 0.15) is 11.7 Å². The third kappa shape index (κ3) is 2.69. The van der Waals surface area contributed by atoms with E-state index >= 15 is 0 Å². The number of nitrogens with zero attached hydrogens (tertiary/aromatic N) is 2. The minimum absolute atomic E-state index is 0.0128. The molecular weight excluding hydrogens is 236 g/mol. The first-order valence-corrected chi connectivity index (χ1v) is 6.25. The number of halogens is 1. The van der Waals surface area contributed by atoms with Crippen LogP contribution in [0.5, 0.6) is 0 Å². The highest BCUT2D eigenvalue weighted by atomic mass is 35.5. The Hall–Kier alpha value is -1.29. The predicted molar refractivity (Wildman–Crippen MR) is 70.9 cm³/mol. The molecule has 0 spiro atoms. The molecule has 1 heterocycles. The van der Waals surface area contributed by atoms with Crippen LogP contribution in [0.3, 0.4) is 0 Å². The van der Waals surface area contributed by atoms with E-state index in [0.29, 0.717) is 10.6 Å². The fourth-order valence-electron chi connectivity index (χ4n) is 1.84. The molecule has 0 atom stereocenters. The van der Waals surface area contributed by atoms with Gasteiger partial charge >= 0.3 is 0 Å². The molecule has 0 aromatic carbocycles. The van der Waals surface area contributed by atoms with E-state index in [2.05, 4.69) is 16.8 Å². The molecule has 0 saturated heterocycles. The lowest BCUT2D eigenvalue weighted by molar-refractivity contribution is 0.732. The van der Waals surface area contributed by atoms with E-state index in [1.807, 2.05) is 0 Å². The Morgan fingerprint density at radius 1 is 1.65 bits per heavy atom. The highest BCUT2D eigenvalue weighted by Crippen LogP contribution is 2.33. The number of amidine groups is 1. The van der Waals surface area contributed by atoms with Crippen molar-refractivity contribution in [1.29, 1.82) is 5.41 Å². The van der Waals surface area contributed by atoms with Crippen molar-refractivity contribution in [2.75, 3.05) is 18.0 Å². The van der Waals surface area contributed by atoms with Crippen LogP contribution in [0.2, 0.25) is 5.02 Å². The molecule has 0 unspecified atom stereocenters. The molecule has 1 saturated carbocycles. The number of rotatable bonds is 5. The van der Waals surface area contributed by atoms with Crippen molar-refractivity contribution in [3.63, 3.8) is 0 Å². The van der Waals surface area contributed by atoms with Crippen molar-refractivity contribution in [1.82, 2.24) is 4.98 Å². The Labute approximate surface area is 106 Å². The molecule has 0 bridgehead atoms. The molecule has 92 valence electrons. The SMILES string of the molecule is CCN(CC1CC1)c1nccc(C(=N)N)c1Cl. The number of hydrogen-bond donors (Lipinski definition) is 2. The molecule has 0 radical (unpaired) electrons. The van der Waals surface area contributed by atoms with Crippen LogP contribution in [0, 0.1) is 11.3 Å². The number of nitrogen functional groups attached to an aromatic ring is 1. The van der Waals surface area contributed by atoms with Crippen molar-refractivity contribution in [3.8, 4) is 0 Å². The summed E-state index contributed by atoms with van der Waals surface area (Å²) in [7, 11) is 0. The Morgan fingerprint density at radius 3 is 2.88 bits per heavy atom. The summed E-state index contributed by atoms with van der Waals surface area (Å²) in [5.41, 5.74) is 6.05. The monoisotopic (exact) mass is 252 g/mol. The third-order valence-electron chi connectivity index (χ3n) is 3.02. The molecule has 5 heteroatoms. The van der Waals surface area contributed by atoms with Gasteiger partial charge in [0.25, 0.3) is 0 Å². The average Bonchev–Trinajstić information content (AvgIpc) is 3.10.